The van der Waals surface area contributed by atoms with Crippen molar-refractivity contribution >= 4 is 0 Å². The van der Waals surface area contributed by atoms with E-state index < -0.39 is 0 Å². The van der Waals surface area contributed by atoms with E-state index in [0.717, 1.165) is 5.92 Å². The molecule has 100 valence electrons. The SMILES string of the molecule is CC1CCCC(C(N)C(C)(C)c2ccccc2)C1. The highest BCUT2D eigenvalue weighted by atomic mass is 14.7. The van der Waals surface area contributed by atoms with Crippen molar-refractivity contribution in [2.45, 2.75) is 57.9 Å². The van der Waals surface area contributed by atoms with Gasteiger partial charge < -0.3 is 5.73 Å². The maximum atomic E-state index is 6.62. The molecule has 1 saturated carbocycles. The highest BCUT2D eigenvalue weighted by Gasteiger charge is 2.35. The summed E-state index contributed by atoms with van der Waals surface area (Å²) in [5, 5.41) is 0. The van der Waals surface area contributed by atoms with Gasteiger partial charge in [0.05, 0.1) is 0 Å². The molecule has 3 atom stereocenters. The van der Waals surface area contributed by atoms with Gasteiger partial charge in [0.2, 0.25) is 0 Å². The Bertz CT molecular complexity index is 368. The van der Waals surface area contributed by atoms with Gasteiger partial charge in [-0.15, -0.1) is 0 Å². The predicted octanol–water partition coefficient (Wildman–Crippen LogP) is 4.12. The average molecular weight is 245 g/mol. The van der Waals surface area contributed by atoms with Gasteiger partial charge in [0, 0.05) is 11.5 Å². The van der Waals surface area contributed by atoms with E-state index in [1.165, 1.54) is 31.2 Å². The van der Waals surface area contributed by atoms with Crippen molar-refractivity contribution in [2.24, 2.45) is 17.6 Å². The van der Waals surface area contributed by atoms with Gasteiger partial charge in [-0.25, -0.2) is 0 Å². The molecule has 0 spiro atoms. The fourth-order valence-electron chi connectivity index (χ4n) is 3.46. The van der Waals surface area contributed by atoms with Crippen LogP contribution in [0.4, 0.5) is 0 Å². The molecule has 1 nitrogen and oxygen atoms in total. The smallest absolute Gasteiger partial charge is 0.0160 e. The Morgan fingerprint density at radius 3 is 2.44 bits per heavy atom. The van der Waals surface area contributed by atoms with Crippen molar-refractivity contribution in [3.8, 4) is 0 Å². The number of benzene rings is 1. The zero-order valence-electron chi connectivity index (χ0n) is 12.0. The van der Waals surface area contributed by atoms with Crippen molar-refractivity contribution < 1.29 is 0 Å². The first-order valence-corrected chi connectivity index (χ1v) is 7.33. The topological polar surface area (TPSA) is 26.0 Å². The summed E-state index contributed by atoms with van der Waals surface area (Å²) in [6, 6.07) is 11.0. The van der Waals surface area contributed by atoms with E-state index >= 15 is 0 Å². The first kappa shape index (κ1) is 13.6. The van der Waals surface area contributed by atoms with Crippen LogP contribution in [0.3, 0.4) is 0 Å². The molecule has 0 aliphatic heterocycles. The van der Waals surface area contributed by atoms with Gasteiger partial charge in [-0.05, 0) is 30.2 Å². The van der Waals surface area contributed by atoms with Crippen molar-refractivity contribution in [3.63, 3.8) is 0 Å². The second-order valence-electron chi connectivity index (χ2n) is 6.65. The fraction of sp³-hybridized carbons (Fsp3) is 0.647. The zero-order valence-corrected chi connectivity index (χ0v) is 12.0. The summed E-state index contributed by atoms with van der Waals surface area (Å²) < 4.78 is 0. The monoisotopic (exact) mass is 245 g/mol. The molecular weight excluding hydrogens is 218 g/mol. The zero-order chi connectivity index (χ0) is 13.2. The van der Waals surface area contributed by atoms with E-state index in [2.05, 4.69) is 51.1 Å². The van der Waals surface area contributed by atoms with E-state index in [9.17, 15) is 0 Å². The van der Waals surface area contributed by atoms with Gasteiger partial charge in [0.25, 0.3) is 0 Å². The molecule has 1 aromatic carbocycles. The first-order valence-electron chi connectivity index (χ1n) is 7.33. The Labute approximate surface area is 112 Å². The van der Waals surface area contributed by atoms with Gasteiger partial charge in [-0.2, -0.15) is 0 Å². The van der Waals surface area contributed by atoms with Crippen LogP contribution < -0.4 is 5.73 Å². The Kier molecular flexibility index (Phi) is 4.11. The second-order valence-corrected chi connectivity index (χ2v) is 6.65. The van der Waals surface area contributed by atoms with E-state index in [1.54, 1.807) is 0 Å². The van der Waals surface area contributed by atoms with Gasteiger partial charge in [-0.3, -0.25) is 0 Å². The van der Waals surface area contributed by atoms with Gasteiger partial charge in [0.15, 0.2) is 0 Å². The molecule has 1 heteroatoms. The van der Waals surface area contributed by atoms with E-state index in [0.29, 0.717) is 5.92 Å². The standard InChI is InChI=1S/C17H27N/c1-13-8-7-9-14(12-13)16(18)17(2,3)15-10-5-4-6-11-15/h4-6,10-11,13-14,16H,7-9,12,18H2,1-3H3. The van der Waals surface area contributed by atoms with Gasteiger partial charge >= 0.3 is 0 Å². The molecule has 18 heavy (non-hydrogen) atoms. The van der Waals surface area contributed by atoms with Crippen LogP contribution in [-0.2, 0) is 5.41 Å². The minimum Gasteiger partial charge on any atom is -0.327 e. The van der Waals surface area contributed by atoms with Gasteiger partial charge in [-0.1, -0.05) is 63.9 Å². The lowest BCUT2D eigenvalue weighted by Gasteiger charge is -2.40. The molecule has 0 heterocycles. The Morgan fingerprint density at radius 1 is 1.17 bits per heavy atom. The summed E-state index contributed by atoms with van der Waals surface area (Å²) in [4.78, 5) is 0. The molecule has 2 rings (SSSR count). The molecule has 0 bridgehead atoms. The fourth-order valence-corrected chi connectivity index (χ4v) is 3.46. The van der Waals surface area contributed by atoms with Crippen LogP contribution in [0.25, 0.3) is 0 Å². The highest BCUT2D eigenvalue weighted by Crippen LogP contribution is 2.37. The number of nitrogens with two attached hydrogens (primary N) is 1. The predicted molar refractivity (Wildman–Crippen MR) is 78.6 cm³/mol. The Hall–Kier alpha value is -0.820. The summed E-state index contributed by atoms with van der Waals surface area (Å²) in [7, 11) is 0. The van der Waals surface area contributed by atoms with Crippen LogP contribution in [-0.4, -0.2) is 6.04 Å². The molecule has 3 unspecified atom stereocenters. The molecule has 1 aromatic rings. The maximum absolute atomic E-state index is 6.62. The lowest BCUT2D eigenvalue weighted by Crippen LogP contribution is -2.47. The van der Waals surface area contributed by atoms with Crippen LogP contribution in [0.5, 0.6) is 0 Å². The van der Waals surface area contributed by atoms with Crippen molar-refractivity contribution in [2.75, 3.05) is 0 Å². The summed E-state index contributed by atoms with van der Waals surface area (Å²) in [5.41, 5.74) is 8.06. The molecule has 0 saturated heterocycles. The maximum Gasteiger partial charge on any atom is 0.0160 e. The second kappa shape index (κ2) is 5.44. The molecular formula is C17H27N. The van der Waals surface area contributed by atoms with Crippen LogP contribution >= 0.6 is 0 Å². The molecule has 1 aliphatic rings. The van der Waals surface area contributed by atoms with Crippen LogP contribution in [0.15, 0.2) is 30.3 Å². The molecule has 0 amide bonds. The van der Waals surface area contributed by atoms with Gasteiger partial charge in [0.1, 0.15) is 0 Å². The van der Waals surface area contributed by atoms with Crippen molar-refractivity contribution in [1.82, 2.24) is 0 Å². The minimum absolute atomic E-state index is 0.0724. The largest absolute Gasteiger partial charge is 0.327 e. The average Bonchev–Trinajstić information content (AvgIpc) is 2.39. The Balaban J connectivity index is 2.14. The van der Waals surface area contributed by atoms with Crippen molar-refractivity contribution in [3.05, 3.63) is 35.9 Å². The van der Waals surface area contributed by atoms with Crippen LogP contribution in [0, 0.1) is 11.8 Å². The minimum atomic E-state index is 0.0724. The number of hydrogen-bond donors (Lipinski definition) is 1. The quantitative estimate of drug-likeness (QED) is 0.851. The lowest BCUT2D eigenvalue weighted by atomic mass is 9.67. The summed E-state index contributed by atoms with van der Waals surface area (Å²) in [5.74, 6) is 1.53. The van der Waals surface area contributed by atoms with Crippen molar-refractivity contribution in [1.29, 1.82) is 0 Å². The molecule has 0 radical (unpaired) electrons. The van der Waals surface area contributed by atoms with E-state index in [1.807, 2.05) is 0 Å². The summed E-state index contributed by atoms with van der Waals surface area (Å²) in [6.45, 7) is 6.97. The molecule has 0 aromatic heterocycles. The lowest BCUT2D eigenvalue weighted by molar-refractivity contribution is 0.199. The van der Waals surface area contributed by atoms with Crippen LogP contribution in [0.2, 0.25) is 0 Å². The van der Waals surface area contributed by atoms with E-state index in [-0.39, 0.29) is 11.5 Å². The van der Waals surface area contributed by atoms with Crippen LogP contribution in [0.1, 0.15) is 52.0 Å². The molecule has 1 aliphatic carbocycles. The summed E-state index contributed by atoms with van der Waals surface area (Å²) >= 11 is 0. The third-order valence-corrected chi connectivity index (χ3v) is 4.84. The highest BCUT2D eigenvalue weighted by molar-refractivity contribution is 5.26. The normalized spacial score (nSPS) is 26.9. The number of rotatable bonds is 3. The van der Waals surface area contributed by atoms with E-state index in [4.69, 9.17) is 5.73 Å². The molecule has 1 fully saturated rings. The summed E-state index contributed by atoms with van der Waals surface area (Å²) in [6.07, 6.45) is 5.35. The first-order chi connectivity index (χ1) is 8.51. The number of hydrogen-bond acceptors (Lipinski definition) is 1. The third-order valence-electron chi connectivity index (χ3n) is 4.84. The molecule has 2 N–H and O–H groups in total. The third kappa shape index (κ3) is 2.77. The Morgan fingerprint density at radius 2 is 1.83 bits per heavy atom.